The van der Waals surface area contributed by atoms with Crippen LogP contribution < -0.4 is 10.6 Å². The molecule has 1 aliphatic heterocycles. The minimum absolute atomic E-state index is 0.432. The Balaban J connectivity index is 2.15. The molecule has 4 heteroatoms. The highest BCUT2D eigenvalue weighted by Gasteiger charge is 2.19. The summed E-state index contributed by atoms with van der Waals surface area (Å²) in [5, 5.41) is 3.75. The molecular weight excluding hydrogens is 214 g/mol. The van der Waals surface area contributed by atoms with Crippen LogP contribution in [-0.4, -0.2) is 18.7 Å². The zero-order valence-electron chi connectivity index (χ0n) is 9.81. The van der Waals surface area contributed by atoms with Gasteiger partial charge in [0, 0.05) is 30.9 Å². The van der Waals surface area contributed by atoms with Crippen molar-refractivity contribution in [2.45, 2.75) is 12.8 Å². The van der Waals surface area contributed by atoms with Crippen LogP contribution in [0.4, 0.5) is 11.5 Å². The number of aromatic nitrogens is 1. The highest BCUT2D eigenvalue weighted by Crippen LogP contribution is 2.35. The van der Waals surface area contributed by atoms with E-state index in [1.807, 2.05) is 0 Å². The van der Waals surface area contributed by atoms with E-state index >= 15 is 0 Å². The first kappa shape index (κ1) is 10.2. The van der Waals surface area contributed by atoms with Crippen LogP contribution in [0.3, 0.4) is 0 Å². The van der Waals surface area contributed by atoms with Gasteiger partial charge in [0.05, 0.1) is 0 Å². The van der Waals surface area contributed by atoms with Gasteiger partial charge in [-0.25, -0.2) is 0 Å². The van der Waals surface area contributed by atoms with Crippen LogP contribution in [0.5, 0.6) is 0 Å². The van der Waals surface area contributed by atoms with Gasteiger partial charge in [-0.2, -0.15) is 0 Å². The van der Waals surface area contributed by atoms with Crippen LogP contribution in [0, 0.1) is 0 Å². The molecule has 0 saturated heterocycles. The fourth-order valence-electron chi connectivity index (χ4n) is 2.46. The van der Waals surface area contributed by atoms with Crippen LogP contribution in [0.15, 0.2) is 28.8 Å². The Kier molecular flexibility index (Phi) is 2.28. The van der Waals surface area contributed by atoms with E-state index in [-0.39, 0.29) is 0 Å². The molecule has 2 aromatic rings. The fourth-order valence-corrected chi connectivity index (χ4v) is 2.46. The minimum Gasteiger partial charge on any atom is -0.381 e. The number of fused-ring (bicyclic) bond motifs is 1. The van der Waals surface area contributed by atoms with Crippen molar-refractivity contribution >= 4 is 11.5 Å². The fraction of sp³-hybridized carbons (Fsp3) is 0.308. The molecule has 0 unspecified atom stereocenters. The zero-order chi connectivity index (χ0) is 11.8. The van der Waals surface area contributed by atoms with Gasteiger partial charge in [0.25, 0.3) is 0 Å². The van der Waals surface area contributed by atoms with Crippen LogP contribution >= 0.6 is 0 Å². The van der Waals surface area contributed by atoms with Gasteiger partial charge in [0.1, 0.15) is 0 Å². The molecule has 0 spiro atoms. The maximum absolute atomic E-state index is 5.60. The van der Waals surface area contributed by atoms with Crippen molar-refractivity contribution in [3.8, 4) is 11.3 Å². The molecule has 0 radical (unpaired) electrons. The van der Waals surface area contributed by atoms with Gasteiger partial charge in [0.15, 0.2) is 11.6 Å². The number of benzene rings is 1. The maximum Gasteiger partial charge on any atom is 0.169 e. The predicted molar refractivity (Wildman–Crippen MR) is 67.9 cm³/mol. The number of rotatable bonds is 1. The average Bonchev–Trinajstić information content (AvgIpc) is 2.76. The summed E-state index contributed by atoms with van der Waals surface area (Å²) in [6.07, 6.45) is 2.25. The predicted octanol–water partition coefficient (Wildman–Crippen LogP) is 2.31. The lowest BCUT2D eigenvalue weighted by Gasteiger charge is -2.28. The molecule has 3 rings (SSSR count). The van der Waals surface area contributed by atoms with Gasteiger partial charge in [-0.3, -0.25) is 0 Å². The van der Waals surface area contributed by atoms with Crippen LogP contribution in [0.25, 0.3) is 11.3 Å². The molecule has 4 nitrogen and oxygen atoms in total. The molecule has 17 heavy (non-hydrogen) atoms. The Hall–Kier alpha value is -1.97. The lowest BCUT2D eigenvalue weighted by atomic mass is 9.95. The van der Waals surface area contributed by atoms with Crippen LogP contribution in [-0.2, 0) is 6.42 Å². The summed E-state index contributed by atoms with van der Waals surface area (Å²) >= 11 is 0. The van der Waals surface area contributed by atoms with E-state index in [9.17, 15) is 0 Å². The SMILES string of the molecule is CN1CCCc2c(-c3cc(N)no3)cccc21. The molecule has 88 valence electrons. The lowest BCUT2D eigenvalue weighted by molar-refractivity contribution is 0.435. The number of nitrogens with zero attached hydrogens (tertiary/aromatic N) is 2. The zero-order valence-corrected chi connectivity index (χ0v) is 9.81. The first-order valence-corrected chi connectivity index (χ1v) is 5.81. The molecule has 0 bridgehead atoms. The molecule has 2 heterocycles. The van der Waals surface area contributed by atoms with Crippen LogP contribution in [0.1, 0.15) is 12.0 Å². The second-order valence-electron chi connectivity index (χ2n) is 4.44. The highest BCUT2D eigenvalue weighted by molar-refractivity contribution is 5.73. The molecule has 0 fully saturated rings. The van der Waals surface area contributed by atoms with Crippen LogP contribution in [0.2, 0.25) is 0 Å². The first-order chi connectivity index (χ1) is 8.25. The van der Waals surface area contributed by atoms with Crippen molar-refractivity contribution in [2.24, 2.45) is 0 Å². The van der Waals surface area contributed by atoms with Gasteiger partial charge in [-0.15, -0.1) is 0 Å². The van der Waals surface area contributed by atoms with Crippen molar-refractivity contribution in [3.63, 3.8) is 0 Å². The number of nitrogen functional groups attached to an aromatic ring is 1. The number of hydrogen-bond donors (Lipinski definition) is 1. The van der Waals surface area contributed by atoms with Gasteiger partial charge >= 0.3 is 0 Å². The Morgan fingerprint density at radius 3 is 3.06 bits per heavy atom. The molecule has 1 aromatic carbocycles. The standard InChI is InChI=1S/C13H15N3O/c1-16-7-3-5-9-10(4-2-6-11(9)16)12-8-13(14)15-17-12/h2,4,6,8H,3,5,7H2,1H3,(H2,14,15). The summed E-state index contributed by atoms with van der Waals surface area (Å²) in [6, 6.07) is 8.05. The molecular formula is C13H15N3O. The van der Waals surface area contributed by atoms with E-state index in [1.54, 1.807) is 6.07 Å². The van der Waals surface area contributed by atoms with E-state index in [4.69, 9.17) is 10.3 Å². The smallest absolute Gasteiger partial charge is 0.169 e. The summed E-state index contributed by atoms with van der Waals surface area (Å²) in [7, 11) is 2.12. The number of hydrogen-bond acceptors (Lipinski definition) is 4. The summed E-state index contributed by atoms with van der Waals surface area (Å²) in [5.74, 6) is 1.19. The first-order valence-electron chi connectivity index (χ1n) is 5.81. The van der Waals surface area contributed by atoms with Crippen molar-refractivity contribution in [2.75, 3.05) is 24.2 Å². The average molecular weight is 229 g/mol. The topological polar surface area (TPSA) is 55.3 Å². The van der Waals surface area contributed by atoms with Crippen molar-refractivity contribution < 1.29 is 4.52 Å². The molecule has 0 aliphatic carbocycles. The van der Waals surface area contributed by atoms with E-state index in [0.717, 1.165) is 24.3 Å². The Morgan fingerprint density at radius 2 is 2.29 bits per heavy atom. The maximum atomic E-state index is 5.60. The largest absolute Gasteiger partial charge is 0.381 e. The summed E-state index contributed by atoms with van der Waals surface area (Å²) < 4.78 is 5.26. The normalized spacial score (nSPS) is 14.8. The Bertz CT molecular complexity index is 547. The molecule has 1 aromatic heterocycles. The molecule has 0 saturated carbocycles. The highest BCUT2D eigenvalue weighted by atomic mass is 16.5. The van der Waals surface area contributed by atoms with Gasteiger partial charge < -0.3 is 15.2 Å². The van der Waals surface area contributed by atoms with Gasteiger partial charge in [-0.1, -0.05) is 17.3 Å². The monoisotopic (exact) mass is 229 g/mol. The Labute approximate surface area is 100 Å². The molecule has 0 amide bonds. The lowest BCUT2D eigenvalue weighted by Crippen LogP contribution is -2.24. The van der Waals surface area contributed by atoms with Gasteiger partial charge in [-0.05, 0) is 24.5 Å². The quantitative estimate of drug-likeness (QED) is 0.815. The summed E-state index contributed by atoms with van der Waals surface area (Å²) in [5.41, 5.74) is 9.33. The number of anilines is 2. The van der Waals surface area contributed by atoms with E-state index in [2.05, 4.69) is 35.3 Å². The second kappa shape index (κ2) is 3.80. The molecule has 0 atom stereocenters. The van der Waals surface area contributed by atoms with E-state index in [0.29, 0.717) is 5.82 Å². The Morgan fingerprint density at radius 1 is 1.41 bits per heavy atom. The van der Waals surface area contributed by atoms with E-state index < -0.39 is 0 Å². The summed E-state index contributed by atoms with van der Waals surface area (Å²) in [4.78, 5) is 2.28. The van der Waals surface area contributed by atoms with Crippen molar-refractivity contribution in [1.29, 1.82) is 0 Å². The molecule has 2 N–H and O–H groups in total. The van der Waals surface area contributed by atoms with E-state index in [1.165, 1.54) is 17.7 Å². The summed E-state index contributed by atoms with van der Waals surface area (Å²) in [6.45, 7) is 1.11. The van der Waals surface area contributed by atoms with Crippen molar-refractivity contribution in [1.82, 2.24) is 5.16 Å². The minimum atomic E-state index is 0.432. The molecule has 1 aliphatic rings. The second-order valence-corrected chi connectivity index (χ2v) is 4.44. The van der Waals surface area contributed by atoms with Crippen molar-refractivity contribution in [3.05, 3.63) is 29.8 Å². The third-order valence-electron chi connectivity index (χ3n) is 3.28. The van der Waals surface area contributed by atoms with Gasteiger partial charge in [0.2, 0.25) is 0 Å². The number of nitrogens with two attached hydrogens (primary N) is 1. The third kappa shape index (κ3) is 1.65. The third-order valence-corrected chi connectivity index (χ3v) is 3.28.